The van der Waals surface area contributed by atoms with Gasteiger partial charge in [0.25, 0.3) is 0 Å². The number of carbonyl (C=O) groups is 2. The van der Waals surface area contributed by atoms with E-state index in [9.17, 15) is 9.59 Å². The van der Waals surface area contributed by atoms with E-state index in [-0.39, 0.29) is 18.1 Å². The van der Waals surface area contributed by atoms with Crippen LogP contribution in [0.1, 0.15) is 29.4 Å². The standard InChI is InChI=1S/C9H13N3O2S/c1-5-8(6(2)13)9(15-12-5)11-4-3-7(10)14/h11H,3-4H2,1-2H3,(H2,10,14). The molecule has 0 unspecified atom stereocenters. The second-order valence-corrected chi connectivity index (χ2v) is 3.94. The number of rotatable bonds is 5. The fourth-order valence-corrected chi connectivity index (χ4v) is 2.07. The van der Waals surface area contributed by atoms with Crippen molar-refractivity contribution in [2.45, 2.75) is 20.3 Å². The van der Waals surface area contributed by atoms with Gasteiger partial charge in [-0.3, -0.25) is 9.59 Å². The van der Waals surface area contributed by atoms with E-state index in [2.05, 4.69) is 9.69 Å². The number of Topliss-reactive ketones (excluding diaryl/α,β-unsaturated/α-hetero) is 1. The summed E-state index contributed by atoms with van der Waals surface area (Å²) in [6.45, 7) is 3.71. The summed E-state index contributed by atoms with van der Waals surface area (Å²) >= 11 is 1.22. The summed E-state index contributed by atoms with van der Waals surface area (Å²) in [6, 6.07) is 0. The lowest BCUT2D eigenvalue weighted by atomic mass is 10.2. The highest BCUT2D eigenvalue weighted by molar-refractivity contribution is 7.10. The minimum absolute atomic E-state index is 0.0252. The monoisotopic (exact) mass is 227 g/mol. The SMILES string of the molecule is CC(=O)c1c(C)nsc1NCCC(N)=O. The molecule has 15 heavy (non-hydrogen) atoms. The Labute approximate surface area is 91.8 Å². The van der Waals surface area contributed by atoms with Crippen LogP contribution in [-0.2, 0) is 4.79 Å². The molecule has 0 bridgehead atoms. The third kappa shape index (κ3) is 3.02. The van der Waals surface area contributed by atoms with Crippen LogP contribution in [0.3, 0.4) is 0 Å². The van der Waals surface area contributed by atoms with Gasteiger partial charge in [0, 0.05) is 13.0 Å². The molecule has 1 heterocycles. The third-order valence-corrected chi connectivity index (χ3v) is 2.77. The molecule has 1 aromatic heterocycles. The molecule has 0 aliphatic rings. The summed E-state index contributed by atoms with van der Waals surface area (Å²) in [4.78, 5) is 21.8. The lowest BCUT2D eigenvalue weighted by Crippen LogP contribution is -2.16. The van der Waals surface area contributed by atoms with Crippen LogP contribution >= 0.6 is 11.5 Å². The molecule has 0 fully saturated rings. The van der Waals surface area contributed by atoms with Gasteiger partial charge in [0.15, 0.2) is 5.78 Å². The zero-order chi connectivity index (χ0) is 11.4. The summed E-state index contributed by atoms with van der Waals surface area (Å²) in [5.74, 6) is -0.393. The molecule has 1 aromatic rings. The van der Waals surface area contributed by atoms with Crippen molar-refractivity contribution < 1.29 is 9.59 Å². The zero-order valence-electron chi connectivity index (χ0n) is 8.66. The second-order valence-electron chi connectivity index (χ2n) is 3.17. The Kier molecular flexibility index (Phi) is 3.79. The largest absolute Gasteiger partial charge is 0.375 e. The predicted octanol–water partition coefficient (Wildman–Crippen LogP) is 0.941. The van der Waals surface area contributed by atoms with Gasteiger partial charge >= 0.3 is 0 Å². The van der Waals surface area contributed by atoms with Gasteiger partial charge in [-0.05, 0) is 25.4 Å². The van der Waals surface area contributed by atoms with E-state index in [0.717, 1.165) is 0 Å². The van der Waals surface area contributed by atoms with Gasteiger partial charge in [-0.25, -0.2) is 0 Å². The van der Waals surface area contributed by atoms with E-state index in [4.69, 9.17) is 5.73 Å². The quantitative estimate of drug-likeness (QED) is 0.733. The molecular weight excluding hydrogens is 214 g/mol. The van der Waals surface area contributed by atoms with Crippen LogP contribution in [0.2, 0.25) is 0 Å². The van der Waals surface area contributed by atoms with Crippen molar-refractivity contribution in [3.63, 3.8) is 0 Å². The molecule has 1 rings (SSSR count). The number of aromatic nitrogens is 1. The molecule has 0 aromatic carbocycles. The highest BCUT2D eigenvalue weighted by Gasteiger charge is 2.14. The molecule has 0 radical (unpaired) electrons. The second kappa shape index (κ2) is 4.88. The maximum atomic E-state index is 11.3. The highest BCUT2D eigenvalue weighted by atomic mass is 32.1. The summed E-state index contributed by atoms with van der Waals surface area (Å²) in [7, 11) is 0. The first-order valence-corrected chi connectivity index (χ1v) is 5.29. The number of ketones is 1. The van der Waals surface area contributed by atoms with Crippen LogP contribution in [-0.4, -0.2) is 22.6 Å². The minimum Gasteiger partial charge on any atom is -0.375 e. The van der Waals surface area contributed by atoms with Gasteiger partial charge in [-0.15, -0.1) is 0 Å². The number of aryl methyl sites for hydroxylation is 1. The number of hydrogen-bond donors (Lipinski definition) is 2. The van der Waals surface area contributed by atoms with E-state index >= 15 is 0 Å². The van der Waals surface area contributed by atoms with Gasteiger partial charge < -0.3 is 11.1 Å². The Morgan fingerprint density at radius 3 is 2.73 bits per heavy atom. The van der Waals surface area contributed by atoms with Gasteiger partial charge in [0.05, 0.1) is 11.3 Å². The third-order valence-electron chi connectivity index (χ3n) is 1.87. The van der Waals surface area contributed by atoms with Crippen molar-refractivity contribution in [3.05, 3.63) is 11.3 Å². The molecule has 6 heteroatoms. The maximum Gasteiger partial charge on any atom is 0.219 e. The number of amides is 1. The number of hydrogen-bond acceptors (Lipinski definition) is 5. The highest BCUT2D eigenvalue weighted by Crippen LogP contribution is 2.24. The van der Waals surface area contributed by atoms with Crippen LogP contribution in [0.15, 0.2) is 0 Å². The zero-order valence-corrected chi connectivity index (χ0v) is 9.48. The molecule has 0 atom stereocenters. The van der Waals surface area contributed by atoms with Crippen molar-refractivity contribution in [2.75, 3.05) is 11.9 Å². The van der Waals surface area contributed by atoms with Crippen molar-refractivity contribution in [1.29, 1.82) is 0 Å². The van der Waals surface area contributed by atoms with E-state index in [1.165, 1.54) is 18.5 Å². The van der Waals surface area contributed by atoms with E-state index < -0.39 is 0 Å². The van der Waals surface area contributed by atoms with Gasteiger partial charge in [0.1, 0.15) is 5.00 Å². The summed E-state index contributed by atoms with van der Waals surface area (Å²) < 4.78 is 4.08. The van der Waals surface area contributed by atoms with Crippen molar-refractivity contribution in [3.8, 4) is 0 Å². The lowest BCUT2D eigenvalue weighted by Gasteiger charge is -2.03. The molecule has 0 aliphatic carbocycles. The van der Waals surface area contributed by atoms with Crippen LogP contribution in [0, 0.1) is 6.92 Å². The topological polar surface area (TPSA) is 85.1 Å². The van der Waals surface area contributed by atoms with E-state index in [0.29, 0.717) is 22.8 Å². The molecule has 82 valence electrons. The molecule has 3 N–H and O–H groups in total. The molecule has 1 amide bonds. The molecular formula is C9H13N3O2S. The maximum absolute atomic E-state index is 11.3. The first-order chi connectivity index (χ1) is 7.02. The average Bonchev–Trinajstić information content (AvgIpc) is 2.46. The van der Waals surface area contributed by atoms with Crippen LogP contribution in [0.25, 0.3) is 0 Å². The average molecular weight is 227 g/mol. The molecule has 0 aliphatic heterocycles. The number of nitrogens with one attached hydrogen (secondary N) is 1. The van der Waals surface area contributed by atoms with Crippen LogP contribution < -0.4 is 11.1 Å². The van der Waals surface area contributed by atoms with Crippen molar-refractivity contribution >= 4 is 28.2 Å². The van der Waals surface area contributed by atoms with Crippen LogP contribution in [0.5, 0.6) is 0 Å². The summed E-state index contributed by atoms with van der Waals surface area (Å²) in [5.41, 5.74) is 6.32. The minimum atomic E-state index is -0.367. The Bertz CT molecular complexity index is 387. The number of nitrogens with two attached hydrogens (primary N) is 1. The van der Waals surface area contributed by atoms with Crippen molar-refractivity contribution in [1.82, 2.24) is 4.37 Å². The smallest absolute Gasteiger partial charge is 0.219 e. The summed E-state index contributed by atoms with van der Waals surface area (Å²) in [6.07, 6.45) is 0.244. The fraction of sp³-hybridized carbons (Fsp3) is 0.444. The first kappa shape index (κ1) is 11.6. The van der Waals surface area contributed by atoms with Gasteiger partial charge in [-0.2, -0.15) is 4.37 Å². The Morgan fingerprint density at radius 1 is 1.53 bits per heavy atom. The molecule has 0 saturated carbocycles. The number of primary amides is 1. The summed E-state index contributed by atoms with van der Waals surface area (Å²) in [5, 5.41) is 3.69. The van der Waals surface area contributed by atoms with Gasteiger partial charge in [0.2, 0.25) is 5.91 Å². The number of anilines is 1. The predicted molar refractivity (Wildman–Crippen MR) is 59.2 cm³/mol. The Hall–Kier alpha value is -1.43. The van der Waals surface area contributed by atoms with Crippen molar-refractivity contribution in [2.24, 2.45) is 5.73 Å². The molecule has 5 nitrogen and oxygen atoms in total. The first-order valence-electron chi connectivity index (χ1n) is 4.51. The fourth-order valence-electron chi connectivity index (χ4n) is 1.20. The molecule has 0 spiro atoms. The van der Waals surface area contributed by atoms with E-state index in [1.54, 1.807) is 6.92 Å². The normalized spacial score (nSPS) is 10.0. The van der Waals surface area contributed by atoms with Gasteiger partial charge in [-0.1, -0.05) is 0 Å². The molecule has 0 saturated heterocycles. The number of carbonyl (C=O) groups excluding carboxylic acids is 2. The van der Waals surface area contributed by atoms with E-state index in [1.807, 2.05) is 0 Å². The lowest BCUT2D eigenvalue weighted by molar-refractivity contribution is -0.117. The number of nitrogens with zero attached hydrogens (tertiary/aromatic N) is 1. The van der Waals surface area contributed by atoms with Crippen LogP contribution in [0.4, 0.5) is 5.00 Å². The Balaban J connectivity index is 2.69. The Morgan fingerprint density at radius 2 is 2.20 bits per heavy atom.